The van der Waals surface area contributed by atoms with Crippen molar-refractivity contribution in [2.45, 2.75) is 0 Å². The number of nitrogens with zero attached hydrogens (tertiary/aromatic N) is 2. The normalized spacial score (nSPS) is 11.7. The fourth-order valence-electron chi connectivity index (χ4n) is 0.664. The lowest BCUT2D eigenvalue weighted by Gasteiger charge is -1.85. The van der Waals surface area contributed by atoms with Gasteiger partial charge in [-0.2, -0.15) is 0 Å². The molecule has 3 heteroatoms. The summed E-state index contributed by atoms with van der Waals surface area (Å²) in [6, 6.07) is 0. The van der Waals surface area contributed by atoms with Crippen LogP contribution in [0.15, 0.2) is 36.9 Å². The SMILES string of the molecule is NC/C=C/C=C\n1ccnc1. The van der Waals surface area contributed by atoms with Crippen molar-refractivity contribution in [3.63, 3.8) is 0 Å². The molecule has 0 unspecified atom stereocenters. The smallest absolute Gasteiger partial charge is 0.0986 e. The molecule has 0 saturated carbocycles. The number of allylic oxidation sites excluding steroid dienone is 2. The average molecular weight is 149 g/mol. The number of rotatable bonds is 3. The molecular weight excluding hydrogens is 138 g/mol. The molecule has 1 rings (SSSR count). The molecule has 0 aliphatic carbocycles. The first-order valence-electron chi connectivity index (χ1n) is 3.44. The van der Waals surface area contributed by atoms with Gasteiger partial charge in [-0.1, -0.05) is 12.2 Å². The average Bonchev–Trinajstić information content (AvgIpc) is 2.50. The summed E-state index contributed by atoms with van der Waals surface area (Å²) in [7, 11) is 0. The maximum Gasteiger partial charge on any atom is 0.0986 e. The summed E-state index contributed by atoms with van der Waals surface area (Å²) in [6.45, 7) is 0.578. The lowest BCUT2D eigenvalue weighted by Crippen LogP contribution is -1.91. The van der Waals surface area contributed by atoms with Crippen LogP contribution >= 0.6 is 0 Å². The number of imidazole rings is 1. The van der Waals surface area contributed by atoms with E-state index in [2.05, 4.69) is 4.98 Å². The van der Waals surface area contributed by atoms with Crippen LogP contribution in [0.1, 0.15) is 0 Å². The topological polar surface area (TPSA) is 43.8 Å². The van der Waals surface area contributed by atoms with Crippen molar-refractivity contribution in [3.8, 4) is 0 Å². The summed E-state index contributed by atoms with van der Waals surface area (Å²) in [4.78, 5) is 3.88. The monoisotopic (exact) mass is 149 g/mol. The van der Waals surface area contributed by atoms with Gasteiger partial charge in [0.25, 0.3) is 0 Å². The van der Waals surface area contributed by atoms with Crippen LogP contribution in [-0.2, 0) is 0 Å². The van der Waals surface area contributed by atoms with Crippen LogP contribution in [0.25, 0.3) is 6.20 Å². The fourth-order valence-corrected chi connectivity index (χ4v) is 0.664. The summed E-state index contributed by atoms with van der Waals surface area (Å²) >= 11 is 0. The second-order valence-electron chi connectivity index (χ2n) is 2.02. The maximum absolute atomic E-state index is 5.25. The van der Waals surface area contributed by atoms with E-state index in [0.717, 1.165) is 0 Å². The summed E-state index contributed by atoms with van der Waals surface area (Å²) in [6.07, 6.45) is 12.9. The molecule has 0 amide bonds. The van der Waals surface area contributed by atoms with E-state index in [4.69, 9.17) is 5.73 Å². The van der Waals surface area contributed by atoms with Crippen LogP contribution in [0.2, 0.25) is 0 Å². The molecule has 0 radical (unpaired) electrons. The molecule has 0 aromatic carbocycles. The van der Waals surface area contributed by atoms with E-state index in [0.29, 0.717) is 6.54 Å². The van der Waals surface area contributed by atoms with E-state index in [1.807, 2.05) is 35.2 Å². The molecule has 1 aromatic heterocycles. The van der Waals surface area contributed by atoms with Crippen LogP contribution in [0, 0.1) is 0 Å². The zero-order valence-corrected chi connectivity index (χ0v) is 6.22. The van der Waals surface area contributed by atoms with Crippen molar-refractivity contribution in [1.82, 2.24) is 9.55 Å². The lowest BCUT2D eigenvalue weighted by molar-refractivity contribution is 1.14. The third kappa shape index (κ3) is 2.82. The molecule has 0 bridgehead atoms. The molecule has 2 N–H and O–H groups in total. The van der Waals surface area contributed by atoms with Gasteiger partial charge in [0.05, 0.1) is 6.33 Å². The van der Waals surface area contributed by atoms with Crippen molar-refractivity contribution < 1.29 is 0 Å². The van der Waals surface area contributed by atoms with Gasteiger partial charge in [0.15, 0.2) is 0 Å². The minimum atomic E-state index is 0.578. The predicted octanol–water partition coefficient (Wildman–Crippen LogP) is 0.869. The second kappa shape index (κ2) is 4.46. The molecule has 0 atom stereocenters. The van der Waals surface area contributed by atoms with Gasteiger partial charge in [0.2, 0.25) is 0 Å². The largest absolute Gasteiger partial charge is 0.327 e. The minimum absolute atomic E-state index is 0.578. The Morgan fingerprint density at radius 3 is 3.00 bits per heavy atom. The van der Waals surface area contributed by atoms with Gasteiger partial charge in [-0.25, -0.2) is 4.98 Å². The Kier molecular flexibility index (Phi) is 3.15. The Morgan fingerprint density at radius 1 is 1.45 bits per heavy atom. The van der Waals surface area contributed by atoms with E-state index in [1.165, 1.54) is 0 Å². The van der Waals surface area contributed by atoms with Crippen molar-refractivity contribution in [2.75, 3.05) is 6.54 Å². The van der Waals surface area contributed by atoms with Crippen LogP contribution < -0.4 is 5.73 Å². The molecule has 0 aliphatic rings. The standard InChI is InChI=1S/C8H11N3/c9-4-2-1-3-6-11-7-5-10-8-11/h1-3,5-8H,4,9H2/b2-1+,6-3-. The first-order chi connectivity index (χ1) is 5.43. The summed E-state index contributed by atoms with van der Waals surface area (Å²) in [5.74, 6) is 0. The van der Waals surface area contributed by atoms with Gasteiger partial charge in [-0.15, -0.1) is 0 Å². The summed E-state index contributed by atoms with van der Waals surface area (Å²) in [5, 5.41) is 0. The Bertz CT molecular complexity index is 234. The van der Waals surface area contributed by atoms with Gasteiger partial charge in [-0.05, 0) is 6.08 Å². The van der Waals surface area contributed by atoms with Crippen LogP contribution in [0.3, 0.4) is 0 Å². The fraction of sp³-hybridized carbons (Fsp3) is 0.125. The van der Waals surface area contributed by atoms with E-state index in [9.17, 15) is 0 Å². The highest BCUT2D eigenvalue weighted by molar-refractivity contribution is 5.27. The summed E-state index contributed by atoms with van der Waals surface area (Å²) in [5.41, 5.74) is 5.25. The number of hydrogen-bond acceptors (Lipinski definition) is 2. The quantitative estimate of drug-likeness (QED) is 0.648. The molecule has 0 spiro atoms. The zero-order valence-electron chi connectivity index (χ0n) is 6.22. The van der Waals surface area contributed by atoms with Crippen LogP contribution in [0.4, 0.5) is 0 Å². The molecular formula is C8H11N3. The Labute approximate surface area is 65.9 Å². The lowest BCUT2D eigenvalue weighted by atomic mass is 10.5. The number of nitrogens with two attached hydrogens (primary N) is 1. The zero-order chi connectivity index (χ0) is 7.94. The maximum atomic E-state index is 5.25. The molecule has 0 aliphatic heterocycles. The van der Waals surface area contributed by atoms with Gasteiger partial charge < -0.3 is 10.3 Å². The first-order valence-corrected chi connectivity index (χ1v) is 3.44. The van der Waals surface area contributed by atoms with Gasteiger partial charge in [-0.3, -0.25) is 0 Å². The molecule has 0 saturated heterocycles. The highest BCUT2D eigenvalue weighted by Gasteiger charge is 1.76. The van der Waals surface area contributed by atoms with Gasteiger partial charge >= 0.3 is 0 Å². The molecule has 1 heterocycles. The highest BCUT2D eigenvalue weighted by atomic mass is 15.0. The van der Waals surface area contributed by atoms with Crippen molar-refractivity contribution in [3.05, 3.63) is 36.9 Å². The predicted molar refractivity (Wildman–Crippen MR) is 45.8 cm³/mol. The van der Waals surface area contributed by atoms with Crippen LogP contribution in [0.5, 0.6) is 0 Å². The molecule has 58 valence electrons. The third-order valence-corrected chi connectivity index (χ3v) is 1.17. The van der Waals surface area contributed by atoms with Crippen molar-refractivity contribution in [1.29, 1.82) is 0 Å². The molecule has 0 fully saturated rings. The summed E-state index contributed by atoms with van der Waals surface area (Å²) < 4.78 is 1.86. The van der Waals surface area contributed by atoms with Gasteiger partial charge in [0, 0.05) is 25.1 Å². The molecule has 11 heavy (non-hydrogen) atoms. The Hall–Kier alpha value is -1.35. The molecule has 3 nitrogen and oxygen atoms in total. The third-order valence-electron chi connectivity index (χ3n) is 1.17. The van der Waals surface area contributed by atoms with Crippen molar-refractivity contribution in [2.24, 2.45) is 5.73 Å². The van der Waals surface area contributed by atoms with E-state index < -0.39 is 0 Å². The highest BCUT2D eigenvalue weighted by Crippen LogP contribution is 1.86. The molecule has 1 aromatic rings. The van der Waals surface area contributed by atoms with E-state index >= 15 is 0 Å². The Morgan fingerprint density at radius 2 is 2.36 bits per heavy atom. The van der Waals surface area contributed by atoms with E-state index in [-0.39, 0.29) is 0 Å². The van der Waals surface area contributed by atoms with Crippen molar-refractivity contribution >= 4 is 6.20 Å². The number of aromatic nitrogens is 2. The first kappa shape index (κ1) is 7.75. The van der Waals surface area contributed by atoms with Gasteiger partial charge in [0.1, 0.15) is 0 Å². The Balaban J connectivity index is 2.43. The van der Waals surface area contributed by atoms with E-state index in [1.54, 1.807) is 12.5 Å². The minimum Gasteiger partial charge on any atom is -0.327 e. The second-order valence-corrected chi connectivity index (χ2v) is 2.02. The number of hydrogen-bond donors (Lipinski definition) is 1. The van der Waals surface area contributed by atoms with Crippen LogP contribution in [-0.4, -0.2) is 16.1 Å².